The zero-order valence-electron chi connectivity index (χ0n) is 10.9. The van der Waals surface area contributed by atoms with E-state index in [9.17, 15) is 9.90 Å². The maximum absolute atomic E-state index is 11.8. The summed E-state index contributed by atoms with van der Waals surface area (Å²) in [6.45, 7) is 7.53. The van der Waals surface area contributed by atoms with Crippen LogP contribution in [0.1, 0.15) is 26.7 Å². The molecular formula is C12H25N3O2. The molecule has 2 atom stereocenters. The molecule has 0 radical (unpaired) electrons. The highest BCUT2D eigenvalue weighted by Crippen LogP contribution is 2.11. The highest BCUT2D eigenvalue weighted by molar-refractivity contribution is 5.76. The van der Waals surface area contributed by atoms with E-state index in [-0.39, 0.29) is 12.0 Å². The molecular weight excluding hydrogens is 218 g/mol. The van der Waals surface area contributed by atoms with Crippen LogP contribution in [-0.2, 0) is 4.79 Å². The number of hydrogen-bond acceptors (Lipinski definition) is 4. The van der Waals surface area contributed by atoms with Crippen LogP contribution in [0.2, 0.25) is 0 Å². The van der Waals surface area contributed by atoms with Crippen molar-refractivity contribution in [3.63, 3.8) is 0 Å². The second-order valence-corrected chi connectivity index (χ2v) is 4.92. The lowest BCUT2D eigenvalue weighted by Gasteiger charge is -2.40. The van der Waals surface area contributed by atoms with Crippen LogP contribution in [0.3, 0.4) is 0 Å². The molecule has 1 aliphatic heterocycles. The monoisotopic (exact) mass is 243 g/mol. The van der Waals surface area contributed by atoms with E-state index in [0.717, 1.165) is 26.1 Å². The Morgan fingerprint density at radius 3 is 2.76 bits per heavy atom. The number of nitrogens with zero attached hydrogens (tertiary/aromatic N) is 2. The molecule has 17 heavy (non-hydrogen) atoms. The predicted molar refractivity (Wildman–Crippen MR) is 67.6 cm³/mol. The molecule has 1 amide bonds. The zero-order valence-corrected chi connectivity index (χ0v) is 10.9. The number of amides is 1. The topological polar surface area (TPSA) is 69.8 Å². The molecule has 1 rings (SSSR count). The third-order valence-corrected chi connectivity index (χ3v) is 3.21. The van der Waals surface area contributed by atoms with E-state index in [2.05, 4.69) is 11.8 Å². The van der Waals surface area contributed by atoms with Gasteiger partial charge in [0.1, 0.15) is 0 Å². The van der Waals surface area contributed by atoms with Gasteiger partial charge in [-0.2, -0.15) is 0 Å². The number of carbonyl (C=O) groups is 1. The Kier molecular flexibility index (Phi) is 5.88. The maximum atomic E-state index is 11.8. The minimum atomic E-state index is -0.308. The van der Waals surface area contributed by atoms with Crippen LogP contribution in [0.15, 0.2) is 0 Å². The van der Waals surface area contributed by atoms with Gasteiger partial charge in [0.25, 0.3) is 0 Å². The van der Waals surface area contributed by atoms with Crippen molar-refractivity contribution in [1.82, 2.24) is 9.80 Å². The quantitative estimate of drug-likeness (QED) is 0.692. The standard InChI is InChI=1S/C12H25N3O2/c1-10-8-15(12(17)4-3-5-13)7-6-14(10)9-11(2)16/h10-11,16H,3-9,13H2,1-2H3. The van der Waals surface area contributed by atoms with Crippen molar-refractivity contribution in [2.24, 2.45) is 5.73 Å². The molecule has 0 aromatic rings. The molecule has 0 saturated carbocycles. The lowest BCUT2D eigenvalue weighted by atomic mass is 10.1. The van der Waals surface area contributed by atoms with Crippen LogP contribution in [-0.4, -0.2) is 65.7 Å². The maximum Gasteiger partial charge on any atom is 0.222 e. The van der Waals surface area contributed by atoms with Crippen molar-refractivity contribution < 1.29 is 9.90 Å². The normalized spacial score (nSPS) is 23.8. The molecule has 5 nitrogen and oxygen atoms in total. The molecule has 0 spiro atoms. The fourth-order valence-corrected chi connectivity index (χ4v) is 2.24. The predicted octanol–water partition coefficient (Wildman–Crippen LogP) is -0.361. The van der Waals surface area contributed by atoms with Gasteiger partial charge in [-0.25, -0.2) is 0 Å². The summed E-state index contributed by atoms with van der Waals surface area (Å²) >= 11 is 0. The molecule has 100 valence electrons. The number of aliphatic hydroxyl groups excluding tert-OH is 1. The molecule has 0 aliphatic carbocycles. The highest BCUT2D eigenvalue weighted by atomic mass is 16.3. The van der Waals surface area contributed by atoms with Gasteiger partial charge in [0, 0.05) is 38.6 Å². The summed E-state index contributed by atoms with van der Waals surface area (Å²) in [6, 6.07) is 0.320. The Labute approximate surface area is 104 Å². The molecule has 3 N–H and O–H groups in total. The van der Waals surface area contributed by atoms with Crippen LogP contribution in [0.4, 0.5) is 0 Å². The summed E-state index contributed by atoms with van der Waals surface area (Å²) < 4.78 is 0. The second kappa shape index (κ2) is 6.93. The smallest absolute Gasteiger partial charge is 0.222 e. The molecule has 5 heteroatoms. The molecule has 0 aromatic carbocycles. The van der Waals surface area contributed by atoms with E-state index in [1.165, 1.54) is 0 Å². The van der Waals surface area contributed by atoms with E-state index in [1.54, 1.807) is 6.92 Å². The summed E-state index contributed by atoms with van der Waals surface area (Å²) in [5.74, 6) is 0.207. The Bertz CT molecular complexity index is 246. The van der Waals surface area contributed by atoms with Crippen LogP contribution < -0.4 is 5.73 Å². The minimum absolute atomic E-state index is 0.207. The third-order valence-electron chi connectivity index (χ3n) is 3.21. The second-order valence-electron chi connectivity index (χ2n) is 4.92. The summed E-state index contributed by atoms with van der Waals surface area (Å²) in [5, 5.41) is 9.38. The SMILES string of the molecule is CC(O)CN1CCN(C(=O)CCCN)CC1C. The van der Waals surface area contributed by atoms with Crippen molar-refractivity contribution in [2.75, 3.05) is 32.7 Å². The Balaban J connectivity index is 2.38. The molecule has 1 saturated heterocycles. The van der Waals surface area contributed by atoms with E-state index >= 15 is 0 Å². The lowest BCUT2D eigenvalue weighted by Crippen LogP contribution is -2.54. The summed E-state index contributed by atoms with van der Waals surface area (Å²) in [6.07, 6.45) is 1.01. The van der Waals surface area contributed by atoms with Gasteiger partial charge < -0.3 is 15.7 Å². The molecule has 0 bridgehead atoms. The van der Waals surface area contributed by atoms with E-state index in [0.29, 0.717) is 25.6 Å². The summed E-state index contributed by atoms with van der Waals surface area (Å²) in [4.78, 5) is 16.0. The Hall–Kier alpha value is -0.650. The number of β-amino-alcohol motifs (C(OH)–C–C–N with tert-alkyl or cyclic N) is 1. The van der Waals surface area contributed by atoms with Crippen molar-refractivity contribution >= 4 is 5.91 Å². The van der Waals surface area contributed by atoms with Crippen LogP contribution in [0.25, 0.3) is 0 Å². The van der Waals surface area contributed by atoms with E-state index in [4.69, 9.17) is 5.73 Å². The fourth-order valence-electron chi connectivity index (χ4n) is 2.24. The van der Waals surface area contributed by atoms with Crippen molar-refractivity contribution in [2.45, 2.75) is 38.8 Å². The number of piperazine rings is 1. The molecule has 2 unspecified atom stereocenters. The van der Waals surface area contributed by atoms with Gasteiger partial charge in [-0.1, -0.05) is 0 Å². The minimum Gasteiger partial charge on any atom is -0.392 e. The first-order chi connectivity index (χ1) is 8.04. The largest absolute Gasteiger partial charge is 0.392 e. The van der Waals surface area contributed by atoms with Crippen molar-refractivity contribution in [3.8, 4) is 0 Å². The van der Waals surface area contributed by atoms with Crippen LogP contribution in [0.5, 0.6) is 0 Å². The molecule has 1 fully saturated rings. The molecule has 0 aromatic heterocycles. The number of hydrogen-bond donors (Lipinski definition) is 2. The number of aliphatic hydroxyl groups is 1. The average Bonchev–Trinajstić information content (AvgIpc) is 2.28. The van der Waals surface area contributed by atoms with Crippen LogP contribution in [0, 0.1) is 0 Å². The first kappa shape index (κ1) is 14.4. The number of nitrogens with two attached hydrogens (primary N) is 1. The lowest BCUT2D eigenvalue weighted by molar-refractivity contribution is -0.134. The number of carbonyl (C=O) groups excluding carboxylic acids is 1. The Morgan fingerprint density at radius 1 is 1.53 bits per heavy atom. The van der Waals surface area contributed by atoms with Crippen molar-refractivity contribution in [3.05, 3.63) is 0 Å². The van der Waals surface area contributed by atoms with Gasteiger partial charge in [0.15, 0.2) is 0 Å². The fraction of sp³-hybridized carbons (Fsp3) is 0.917. The molecule has 1 aliphatic rings. The van der Waals surface area contributed by atoms with Crippen molar-refractivity contribution in [1.29, 1.82) is 0 Å². The number of rotatable bonds is 5. The summed E-state index contributed by atoms with van der Waals surface area (Å²) in [7, 11) is 0. The van der Waals surface area contributed by atoms with Gasteiger partial charge in [-0.05, 0) is 26.8 Å². The van der Waals surface area contributed by atoms with Gasteiger partial charge >= 0.3 is 0 Å². The van der Waals surface area contributed by atoms with E-state index < -0.39 is 0 Å². The summed E-state index contributed by atoms with van der Waals surface area (Å²) in [5.41, 5.74) is 5.40. The Morgan fingerprint density at radius 2 is 2.24 bits per heavy atom. The third kappa shape index (κ3) is 4.61. The molecule has 1 heterocycles. The zero-order chi connectivity index (χ0) is 12.8. The van der Waals surface area contributed by atoms with E-state index in [1.807, 2.05) is 4.90 Å². The average molecular weight is 243 g/mol. The first-order valence-electron chi connectivity index (χ1n) is 6.44. The van der Waals surface area contributed by atoms with Gasteiger partial charge in [0.2, 0.25) is 5.91 Å². The first-order valence-corrected chi connectivity index (χ1v) is 6.44. The van der Waals surface area contributed by atoms with Gasteiger partial charge in [-0.3, -0.25) is 9.69 Å². The highest BCUT2D eigenvalue weighted by Gasteiger charge is 2.26. The van der Waals surface area contributed by atoms with Gasteiger partial charge in [-0.15, -0.1) is 0 Å². The van der Waals surface area contributed by atoms with Gasteiger partial charge in [0.05, 0.1) is 6.10 Å². The van der Waals surface area contributed by atoms with Crippen LogP contribution >= 0.6 is 0 Å².